The molecule has 2 fully saturated rings. The first-order valence-electron chi connectivity index (χ1n) is 6.97. The summed E-state index contributed by atoms with van der Waals surface area (Å²) in [6, 6.07) is 0. The topological polar surface area (TPSA) is 45.6 Å². The molecule has 1 saturated heterocycles. The van der Waals surface area contributed by atoms with Crippen molar-refractivity contribution < 1.29 is 9.84 Å². The molecule has 4 nitrogen and oxygen atoms in total. The molecular weight excluding hydrogens is 240 g/mol. The zero-order valence-electron chi connectivity index (χ0n) is 11.9. The lowest BCUT2D eigenvalue weighted by Crippen LogP contribution is -2.62. The number of rotatable bonds is 4. The summed E-state index contributed by atoms with van der Waals surface area (Å²) < 4.78 is 5.43. The summed E-state index contributed by atoms with van der Waals surface area (Å²) in [5, 5.41) is 10.3. The Kier molecular flexibility index (Phi) is 3.02. The summed E-state index contributed by atoms with van der Waals surface area (Å²) in [4.78, 5) is 6.78. The molecule has 0 amide bonds. The number of methoxy groups -OCH3 is 1. The van der Waals surface area contributed by atoms with E-state index in [1.54, 1.807) is 7.11 Å². The molecule has 1 N–H and O–H groups in total. The van der Waals surface area contributed by atoms with Crippen LogP contribution in [0.2, 0.25) is 0 Å². The molecule has 2 heterocycles. The van der Waals surface area contributed by atoms with Crippen LogP contribution < -0.4 is 4.74 Å². The first kappa shape index (κ1) is 12.9. The third-order valence-corrected chi connectivity index (χ3v) is 4.46. The van der Waals surface area contributed by atoms with E-state index in [1.165, 1.54) is 12.8 Å². The van der Waals surface area contributed by atoms with E-state index >= 15 is 0 Å². The molecule has 0 radical (unpaired) electrons. The van der Waals surface area contributed by atoms with Crippen LogP contribution in [0.3, 0.4) is 0 Å². The van der Waals surface area contributed by atoms with Crippen molar-refractivity contribution in [1.29, 1.82) is 0 Å². The van der Waals surface area contributed by atoms with Gasteiger partial charge in [0.1, 0.15) is 5.75 Å². The predicted molar refractivity (Wildman–Crippen MR) is 73.2 cm³/mol. The number of hydrogen-bond acceptors (Lipinski definition) is 4. The van der Waals surface area contributed by atoms with E-state index in [2.05, 4.69) is 16.8 Å². The molecule has 19 heavy (non-hydrogen) atoms. The number of aliphatic hydroxyl groups is 1. The highest BCUT2D eigenvalue weighted by molar-refractivity contribution is 5.41. The number of likely N-dealkylation sites (tertiary alicyclic amines) is 1. The summed E-state index contributed by atoms with van der Waals surface area (Å²) in [7, 11) is 1.70. The van der Waals surface area contributed by atoms with E-state index < -0.39 is 5.60 Å². The molecular formula is C15H22N2O2. The van der Waals surface area contributed by atoms with Crippen LogP contribution in [0.15, 0.2) is 6.20 Å². The van der Waals surface area contributed by atoms with Gasteiger partial charge in [0.15, 0.2) is 0 Å². The average Bonchev–Trinajstić information content (AvgIpc) is 3.15. The second-order valence-electron chi connectivity index (χ2n) is 6.07. The van der Waals surface area contributed by atoms with E-state index in [0.29, 0.717) is 5.92 Å². The molecule has 4 heteroatoms. The largest absolute Gasteiger partial charge is 0.496 e. The normalized spacial score (nSPS) is 22.1. The van der Waals surface area contributed by atoms with Gasteiger partial charge < -0.3 is 9.84 Å². The third kappa shape index (κ3) is 2.23. The Labute approximate surface area is 114 Å². The Bertz CT molecular complexity index is 491. The summed E-state index contributed by atoms with van der Waals surface area (Å²) >= 11 is 0. The molecule has 104 valence electrons. The van der Waals surface area contributed by atoms with Crippen molar-refractivity contribution in [1.82, 2.24) is 9.88 Å². The molecule has 0 bridgehead atoms. The first-order chi connectivity index (χ1) is 9.03. The fourth-order valence-electron chi connectivity index (χ4n) is 3.16. The van der Waals surface area contributed by atoms with Crippen LogP contribution in [0, 0.1) is 19.8 Å². The summed E-state index contributed by atoms with van der Waals surface area (Å²) in [6.07, 6.45) is 4.26. The van der Waals surface area contributed by atoms with Gasteiger partial charge in [-0.25, -0.2) is 0 Å². The van der Waals surface area contributed by atoms with Crippen LogP contribution in [-0.2, 0) is 6.54 Å². The van der Waals surface area contributed by atoms with Crippen molar-refractivity contribution in [3.05, 3.63) is 23.0 Å². The van der Waals surface area contributed by atoms with Gasteiger partial charge >= 0.3 is 0 Å². The van der Waals surface area contributed by atoms with E-state index in [4.69, 9.17) is 4.74 Å². The van der Waals surface area contributed by atoms with Crippen molar-refractivity contribution >= 4 is 0 Å². The van der Waals surface area contributed by atoms with Gasteiger partial charge in [0.25, 0.3) is 0 Å². The first-order valence-corrected chi connectivity index (χ1v) is 6.97. The van der Waals surface area contributed by atoms with Crippen LogP contribution in [0.25, 0.3) is 0 Å². The van der Waals surface area contributed by atoms with Crippen LogP contribution in [0.4, 0.5) is 0 Å². The highest BCUT2D eigenvalue weighted by Crippen LogP contribution is 2.44. The van der Waals surface area contributed by atoms with Crippen molar-refractivity contribution in [2.75, 3.05) is 20.2 Å². The molecule has 1 aromatic rings. The van der Waals surface area contributed by atoms with Gasteiger partial charge in [-0.05, 0) is 32.6 Å². The molecule has 3 rings (SSSR count). The molecule has 0 unspecified atom stereocenters. The summed E-state index contributed by atoms with van der Waals surface area (Å²) in [5.74, 6) is 1.48. The number of aryl methyl sites for hydroxylation is 1. The average molecular weight is 262 g/mol. The van der Waals surface area contributed by atoms with Gasteiger partial charge in [-0.1, -0.05) is 0 Å². The molecule has 0 aromatic carbocycles. The molecule has 2 aliphatic rings. The lowest BCUT2D eigenvalue weighted by Gasteiger charge is -2.47. The second-order valence-corrected chi connectivity index (χ2v) is 6.07. The Morgan fingerprint density at radius 1 is 1.42 bits per heavy atom. The van der Waals surface area contributed by atoms with Crippen LogP contribution >= 0.6 is 0 Å². The Hall–Kier alpha value is -1.13. The smallest absolute Gasteiger partial charge is 0.128 e. The van der Waals surface area contributed by atoms with Crippen molar-refractivity contribution in [2.24, 2.45) is 5.92 Å². The highest BCUT2D eigenvalue weighted by atomic mass is 16.5. The minimum absolute atomic E-state index is 0.414. The maximum atomic E-state index is 10.3. The van der Waals surface area contributed by atoms with Gasteiger partial charge in [-0.3, -0.25) is 9.88 Å². The van der Waals surface area contributed by atoms with Gasteiger partial charge in [0.2, 0.25) is 0 Å². The highest BCUT2D eigenvalue weighted by Gasteiger charge is 2.51. The fourth-order valence-corrected chi connectivity index (χ4v) is 3.16. The van der Waals surface area contributed by atoms with Gasteiger partial charge in [-0.2, -0.15) is 0 Å². The molecule has 1 aliphatic carbocycles. The standard InChI is InChI=1S/C15H22N2O2/c1-10-6-16-13(11(2)14(10)19-3)7-17-8-15(18,9-17)12-4-5-12/h6,12,18H,4-5,7-9H2,1-3H3. The minimum Gasteiger partial charge on any atom is -0.496 e. The van der Waals surface area contributed by atoms with Crippen LogP contribution in [0.5, 0.6) is 5.75 Å². The fraction of sp³-hybridized carbons (Fsp3) is 0.667. The number of β-amino-alcohol motifs (C(OH)–C–C–N with tert-alkyl or cyclic N) is 1. The van der Waals surface area contributed by atoms with Crippen molar-refractivity contribution in [3.63, 3.8) is 0 Å². The zero-order valence-corrected chi connectivity index (χ0v) is 11.9. The minimum atomic E-state index is -0.414. The van der Waals surface area contributed by atoms with Crippen molar-refractivity contribution in [2.45, 2.75) is 38.8 Å². The summed E-state index contributed by atoms with van der Waals surface area (Å²) in [5.41, 5.74) is 2.83. The molecule has 1 aliphatic heterocycles. The third-order valence-electron chi connectivity index (χ3n) is 4.46. The molecule has 0 spiro atoms. The number of aromatic nitrogens is 1. The quantitative estimate of drug-likeness (QED) is 0.896. The van der Waals surface area contributed by atoms with E-state index in [0.717, 1.165) is 42.2 Å². The Balaban J connectivity index is 1.68. The van der Waals surface area contributed by atoms with Gasteiger partial charge in [0, 0.05) is 37.0 Å². The number of pyridine rings is 1. The van der Waals surface area contributed by atoms with Crippen LogP contribution in [-0.4, -0.2) is 40.8 Å². The zero-order chi connectivity index (χ0) is 13.6. The van der Waals surface area contributed by atoms with Crippen LogP contribution in [0.1, 0.15) is 29.7 Å². The SMILES string of the molecule is COc1c(C)cnc(CN2CC(O)(C3CC3)C2)c1C. The maximum absolute atomic E-state index is 10.3. The van der Waals surface area contributed by atoms with Gasteiger partial charge in [0.05, 0.1) is 18.4 Å². The number of ether oxygens (including phenoxy) is 1. The summed E-state index contributed by atoms with van der Waals surface area (Å²) in [6.45, 7) is 6.45. The molecule has 1 aromatic heterocycles. The van der Waals surface area contributed by atoms with Gasteiger partial charge in [-0.15, -0.1) is 0 Å². The maximum Gasteiger partial charge on any atom is 0.128 e. The lowest BCUT2D eigenvalue weighted by atomic mass is 9.88. The van der Waals surface area contributed by atoms with E-state index in [1.807, 2.05) is 13.1 Å². The Morgan fingerprint density at radius 3 is 2.68 bits per heavy atom. The molecule has 0 atom stereocenters. The Morgan fingerprint density at radius 2 is 2.11 bits per heavy atom. The predicted octanol–water partition coefficient (Wildman–Crippen LogP) is 1.66. The number of hydrogen-bond donors (Lipinski definition) is 1. The van der Waals surface area contributed by atoms with Crippen molar-refractivity contribution in [3.8, 4) is 5.75 Å². The molecule has 1 saturated carbocycles. The van der Waals surface area contributed by atoms with E-state index in [9.17, 15) is 5.11 Å². The monoisotopic (exact) mass is 262 g/mol. The lowest BCUT2D eigenvalue weighted by molar-refractivity contribution is -0.117. The van der Waals surface area contributed by atoms with E-state index in [-0.39, 0.29) is 0 Å². The number of nitrogens with zero attached hydrogens (tertiary/aromatic N) is 2. The second kappa shape index (κ2) is 4.46.